The maximum absolute atomic E-state index is 11.1. The molecular weight excluding hydrogens is 406 g/mol. The van der Waals surface area contributed by atoms with Gasteiger partial charge >= 0.3 is 0 Å². The summed E-state index contributed by atoms with van der Waals surface area (Å²) in [5.41, 5.74) is 3.06. The molecule has 1 saturated carbocycles. The van der Waals surface area contributed by atoms with Crippen molar-refractivity contribution in [3.05, 3.63) is 35.6 Å². The number of rotatable bonds is 6. The summed E-state index contributed by atoms with van der Waals surface area (Å²) in [7, 11) is 0. The summed E-state index contributed by atoms with van der Waals surface area (Å²) in [5.74, 6) is 2.44. The van der Waals surface area contributed by atoms with Crippen molar-refractivity contribution in [2.75, 3.05) is 0 Å². The molecule has 0 bridgehead atoms. The second-order valence-electron chi connectivity index (χ2n) is 9.69. The zero-order valence-corrected chi connectivity index (χ0v) is 19.4. The van der Waals surface area contributed by atoms with E-state index in [-0.39, 0.29) is 53.6 Å². The van der Waals surface area contributed by atoms with Gasteiger partial charge in [0.15, 0.2) is 0 Å². The summed E-state index contributed by atoms with van der Waals surface area (Å²) in [4.78, 5) is 26.0. The molecule has 0 saturated heterocycles. The molecule has 3 rings (SSSR count). The fourth-order valence-corrected chi connectivity index (χ4v) is 3.79. The van der Waals surface area contributed by atoms with Crippen molar-refractivity contribution < 1.29 is 9.59 Å². The number of Topliss-reactive ketones (excluding diaryl/α,β-unsaturated/α-hetero) is 2. The third kappa shape index (κ3) is 18.4. The van der Waals surface area contributed by atoms with Gasteiger partial charge < -0.3 is 0 Å². The Morgan fingerprint density at radius 3 is 1.79 bits per heavy atom. The Balaban J connectivity index is -0.000000181. The first-order chi connectivity index (χ1) is 13.7. The predicted molar refractivity (Wildman–Crippen MR) is 151 cm³/mol. The zero-order chi connectivity index (χ0) is 21.8. The quantitative estimate of drug-likeness (QED) is 0.368. The van der Waals surface area contributed by atoms with Crippen LogP contribution >= 0.6 is 0 Å². The van der Waals surface area contributed by atoms with Crippen molar-refractivity contribution in [2.24, 2.45) is 28.7 Å². The van der Waals surface area contributed by atoms with Crippen molar-refractivity contribution in [3.63, 3.8) is 0 Å². The highest BCUT2D eigenvalue weighted by atomic mass is 16.2. The highest BCUT2D eigenvalue weighted by molar-refractivity contribution is 6.06. The number of hydrogen-bond acceptors (Lipinski definition) is 3. The third-order valence-electron chi connectivity index (χ3n) is 4.96. The minimum absolute atomic E-state index is 0. The van der Waals surface area contributed by atoms with Gasteiger partial charge in [0.2, 0.25) is 0 Å². The fourth-order valence-electron chi connectivity index (χ4n) is 3.79. The van der Waals surface area contributed by atoms with Crippen molar-refractivity contribution in [1.82, 2.24) is 0 Å². The van der Waals surface area contributed by atoms with E-state index in [1.54, 1.807) is 5.57 Å². The van der Waals surface area contributed by atoms with Crippen LogP contribution < -0.4 is 0 Å². The Hall–Kier alpha value is -1.77. The van der Waals surface area contributed by atoms with E-state index in [0.717, 1.165) is 24.7 Å². The monoisotopic (exact) mass is 463 g/mol. The highest BCUT2D eigenvalue weighted by Crippen LogP contribution is 2.24. The molecule has 1 atom stereocenters. The molecule has 3 aliphatic rings. The Kier molecular flexibility index (Phi) is 24.3. The summed E-state index contributed by atoms with van der Waals surface area (Å²) in [6.45, 7) is 13.2. The molecule has 194 valence electrons. The van der Waals surface area contributed by atoms with Gasteiger partial charge in [-0.25, -0.2) is 0 Å². The van der Waals surface area contributed by atoms with Crippen LogP contribution in [0.3, 0.4) is 0 Å². The van der Waals surface area contributed by atoms with Crippen LogP contribution in [0.1, 0.15) is 116 Å². The van der Waals surface area contributed by atoms with E-state index in [0.29, 0.717) is 12.3 Å². The average molecular weight is 464 g/mol. The molecule has 0 amide bonds. The van der Waals surface area contributed by atoms with Gasteiger partial charge in [-0.05, 0) is 49.0 Å². The normalized spacial score (nSPS) is 17.7. The minimum atomic E-state index is 0. The van der Waals surface area contributed by atoms with E-state index in [1.165, 1.54) is 24.8 Å². The number of hydrogen-bond donors (Lipinski definition) is 0. The van der Waals surface area contributed by atoms with Gasteiger partial charge in [0.25, 0.3) is 0 Å². The maximum Gasteiger partial charge on any atom is 0.143 e. The molecule has 1 aliphatic heterocycles. The summed E-state index contributed by atoms with van der Waals surface area (Å²) in [5, 5.41) is 0. The fraction of sp³-hybridized carbons (Fsp3) is 0.700. The molecule has 0 spiro atoms. The van der Waals surface area contributed by atoms with Crippen molar-refractivity contribution in [2.45, 2.75) is 116 Å². The van der Waals surface area contributed by atoms with Gasteiger partial charge in [0.1, 0.15) is 11.6 Å². The van der Waals surface area contributed by atoms with E-state index in [1.807, 2.05) is 12.4 Å². The number of ketones is 2. The summed E-state index contributed by atoms with van der Waals surface area (Å²) in [6, 6.07) is 0. The third-order valence-corrected chi connectivity index (χ3v) is 4.96. The van der Waals surface area contributed by atoms with Gasteiger partial charge in [-0.2, -0.15) is 0 Å². The van der Waals surface area contributed by atoms with Crippen molar-refractivity contribution >= 4 is 17.8 Å². The zero-order valence-electron chi connectivity index (χ0n) is 19.4. The number of carbonyl (C=O) groups excluding carboxylic acids is 2. The first-order valence-electron chi connectivity index (χ1n) is 11.3. The average Bonchev–Trinajstić information content (AvgIpc) is 3.32. The molecule has 0 N–H and O–H groups in total. The van der Waals surface area contributed by atoms with Gasteiger partial charge in [-0.15, -0.1) is 0 Å². The van der Waals surface area contributed by atoms with Crippen LogP contribution in [0.4, 0.5) is 0 Å². The highest BCUT2D eigenvalue weighted by Gasteiger charge is 2.30. The van der Waals surface area contributed by atoms with E-state index in [9.17, 15) is 9.59 Å². The van der Waals surface area contributed by atoms with E-state index < -0.39 is 0 Å². The lowest BCUT2D eigenvalue weighted by Crippen LogP contribution is -2.08. The van der Waals surface area contributed by atoms with Crippen molar-refractivity contribution in [1.29, 1.82) is 0 Å². The number of aliphatic imine (C=N–C) groups is 1. The number of nitrogens with zero attached hydrogens (tertiary/aromatic N) is 1. The molecule has 2 aliphatic carbocycles. The molecule has 0 radical (unpaired) electrons. The van der Waals surface area contributed by atoms with E-state index >= 15 is 0 Å². The Morgan fingerprint density at radius 2 is 1.42 bits per heavy atom. The first-order valence-corrected chi connectivity index (χ1v) is 11.3. The molecule has 3 nitrogen and oxygen atoms in total. The lowest BCUT2D eigenvalue weighted by Gasteiger charge is -2.08. The Morgan fingerprint density at radius 1 is 0.848 bits per heavy atom. The number of allylic oxidation sites excluding steroid dienone is 5. The van der Waals surface area contributed by atoms with Crippen LogP contribution in [0.5, 0.6) is 0 Å². The first kappa shape index (κ1) is 38.5. The minimum Gasteiger partial charge on any atom is -0.299 e. The molecule has 0 aromatic carbocycles. The van der Waals surface area contributed by atoms with E-state index in [2.05, 4.69) is 64.8 Å². The Labute approximate surface area is 207 Å². The lowest BCUT2D eigenvalue weighted by atomic mass is 9.95. The maximum atomic E-state index is 11.1. The van der Waals surface area contributed by atoms with Crippen molar-refractivity contribution in [3.8, 4) is 0 Å². The summed E-state index contributed by atoms with van der Waals surface area (Å²) < 4.78 is 0. The molecule has 0 aromatic heterocycles. The lowest BCUT2D eigenvalue weighted by molar-refractivity contribution is -0.122. The smallest absolute Gasteiger partial charge is 0.143 e. The second-order valence-corrected chi connectivity index (χ2v) is 9.69. The summed E-state index contributed by atoms with van der Waals surface area (Å²) in [6.07, 6.45) is 16.9. The molecule has 3 heteroatoms. The van der Waals surface area contributed by atoms with Crippen LogP contribution in [0, 0.1) is 23.7 Å². The molecule has 0 aromatic rings. The van der Waals surface area contributed by atoms with Gasteiger partial charge in [0, 0.05) is 31.2 Å². The van der Waals surface area contributed by atoms with Crippen LogP contribution in [-0.2, 0) is 9.59 Å². The molecule has 1 fully saturated rings. The van der Waals surface area contributed by atoms with Crippen LogP contribution in [0.15, 0.2) is 40.6 Å². The largest absolute Gasteiger partial charge is 0.299 e. The molecule has 33 heavy (non-hydrogen) atoms. The van der Waals surface area contributed by atoms with Crippen LogP contribution in [0.25, 0.3) is 0 Å². The summed E-state index contributed by atoms with van der Waals surface area (Å²) >= 11 is 0. The molecular formula is C30H57NO2. The molecule has 1 heterocycles. The molecule has 1 unspecified atom stereocenters. The second kappa shape index (κ2) is 20.8. The van der Waals surface area contributed by atoms with Gasteiger partial charge in [0.05, 0.1) is 6.42 Å². The van der Waals surface area contributed by atoms with Crippen LogP contribution in [-0.4, -0.2) is 17.8 Å². The predicted octanol–water partition coefficient (Wildman–Crippen LogP) is 9.43. The SMILES string of the molecule is C.C.C.C.CC(C)CC1=CC=CC1.CC(C)CC1=CN=CC1.CC(C)CC1CC(=O)CC1=O. The van der Waals surface area contributed by atoms with Gasteiger partial charge in [-0.1, -0.05) is 95.1 Å². The topological polar surface area (TPSA) is 46.5 Å². The van der Waals surface area contributed by atoms with Crippen LogP contribution in [0.2, 0.25) is 0 Å². The number of carbonyl (C=O) groups is 2. The Bertz CT molecular complexity index is 612. The standard InChI is InChI=1S/C9H14O2.C9H14.C8H13N.4CH4/c1-6(2)3-7-4-8(10)5-9(7)11;1-8(2)7-9-5-3-4-6-9;1-7(2)5-8-3-4-9-6-8;;;;/h6-7H,3-5H2,1-2H3;3-5,8H,6-7H2,1-2H3;4,6-7H,3,5H2,1-2H3;4*1H4. The van der Waals surface area contributed by atoms with E-state index in [4.69, 9.17) is 0 Å². The van der Waals surface area contributed by atoms with Gasteiger partial charge in [-0.3, -0.25) is 14.6 Å².